The Labute approximate surface area is 150 Å². The lowest BCUT2D eigenvalue weighted by molar-refractivity contribution is 0.371. The van der Waals surface area contributed by atoms with E-state index in [0.717, 1.165) is 63.8 Å². The molecule has 0 spiro atoms. The lowest BCUT2D eigenvalue weighted by atomic mass is 10.2. The zero-order valence-electron chi connectivity index (χ0n) is 15.0. The molecule has 0 unspecified atom stereocenters. The molecule has 1 fully saturated rings. The number of benzene rings is 1. The predicted molar refractivity (Wildman–Crippen MR) is 103 cm³/mol. The highest BCUT2D eigenvalue weighted by molar-refractivity contribution is 5.80. The molecule has 25 heavy (non-hydrogen) atoms. The summed E-state index contributed by atoms with van der Waals surface area (Å²) in [6.45, 7) is 7.90. The maximum absolute atomic E-state index is 5.40. The van der Waals surface area contributed by atoms with Gasteiger partial charge < -0.3 is 19.5 Å². The second kappa shape index (κ2) is 9.16. The summed E-state index contributed by atoms with van der Waals surface area (Å²) in [5, 5.41) is 3.51. The van der Waals surface area contributed by atoms with Gasteiger partial charge in [-0.15, -0.1) is 0 Å². The van der Waals surface area contributed by atoms with E-state index in [-0.39, 0.29) is 0 Å². The van der Waals surface area contributed by atoms with Crippen LogP contribution < -0.4 is 10.2 Å². The maximum atomic E-state index is 5.40. The zero-order valence-corrected chi connectivity index (χ0v) is 15.0. The Morgan fingerprint density at radius 1 is 1.08 bits per heavy atom. The van der Waals surface area contributed by atoms with Crippen molar-refractivity contribution in [2.24, 2.45) is 4.99 Å². The van der Waals surface area contributed by atoms with E-state index in [0.29, 0.717) is 0 Å². The van der Waals surface area contributed by atoms with Crippen LogP contribution in [0.4, 0.5) is 5.69 Å². The van der Waals surface area contributed by atoms with E-state index in [1.54, 1.807) is 6.26 Å². The quantitative estimate of drug-likeness (QED) is 0.648. The molecule has 1 saturated heterocycles. The summed E-state index contributed by atoms with van der Waals surface area (Å²) in [6.07, 6.45) is 3.67. The summed E-state index contributed by atoms with van der Waals surface area (Å²) in [6, 6.07) is 14.6. The molecule has 1 aliphatic rings. The lowest BCUT2D eigenvalue weighted by Gasteiger charge is -2.37. The van der Waals surface area contributed by atoms with E-state index in [2.05, 4.69) is 52.4 Å². The Morgan fingerprint density at radius 2 is 1.88 bits per heavy atom. The topological polar surface area (TPSA) is 44.0 Å². The van der Waals surface area contributed by atoms with Gasteiger partial charge in [0, 0.05) is 51.4 Å². The van der Waals surface area contributed by atoms with Crippen molar-refractivity contribution >= 4 is 11.6 Å². The van der Waals surface area contributed by atoms with Gasteiger partial charge in [0.15, 0.2) is 5.96 Å². The molecule has 0 saturated carbocycles. The Hall–Kier alpha value is -2.43. The molecule has 1 aromatic carbocycles. The highest BCUT2D eigenvalue weighted by atomic mass is 16.3. The number of hydrogen-bond donors (Lipinski definition) is 1. The van der Waals surface area contributed by atoms with E-state index in [1.807, 2.05) is 12.1 Å². The third-order valence-corrected chi connectivity index (χ3v) is 4.42. The molecule has 0 radical (unpaired) electrons. The van der Waals surface area contributed by atoms with Gasteiger partial charge in [-0.1, -0.05) is 25.1 Å². The van der Waals surface area contributed by atoms with Crippen molar-refractivity contribution in [2.75, 3.05) is 44.2 Å². The van der Waals surface area contributed by atoms with E-state index in [9.17, 15) is 0 Å². The molecule has 134 valence electrons. The Kier molecular flexibility index (Phi) is 6.37. The first-order chi connectivity index (χ1) is 12.4. The van der Waals surface area contributed by atoms with E-state index in [4.69, 9.17) is 9.41 Å². The molecule has 3 rings (SSSR count). The molecule has 0 bridgehead atoms. The summed E-state index contributed by atoms with van der Waals surface area (Å²) in [5.74, 6) is 2.04. The number of hydrogen-bond acceptors (Lipinski definition) is 3. The van der Waals surface area contributed by atoms with Gasteiger partial charge in [0.05, 0.1) is 6.26 Å². The zero-order chi connectivity index (χ0) is 17.3. The number of guanidine groups is 1. The minimum absolute atomic E-state index is 0.842. The molecule has 5 heteroatoms. The molecule has 0 atom stereocenters. The van der Waals surface area contributed by atoms with Crippen molar-refractivity contribution in [3.63, 3.8) is 0 Å². The molecular weight excluding hydrogens is 312 g/mol. The first-order valence-electron chi connectivity index (χ1n) is 9.22. The Morgan fingerprint density at radius 3 is 2.56 bits per heavy atom. The predicted octanol–water partition coefficient (Wildman–Crippen LogP) is 3.00. The van der Waals surface area contributed by atoms with Crippen molar-refractivity contribution in [1.29, 1.82) is 0 Å². The van der Waals surface area contributed by atoms with Crippen LogP contribution in [-0.2, 0) is 6.42 Å². The average Bonchev–Trinajstić information content (AvgIpc) is 3.19. The summed E-state index contributed by atoms with van der Waals surface area (Å²) in [4.78, 5) is 9.58. The van der Waals surface area contributed by atoms with Crippen LogP contribution in [0.5, 0.6) is 0 Å². The van der Waals surface area contributed by atoms with Crippen molar-refractivity contribution < 1.29 is 4.42 Å². The van der Waals surface area contributed by atoms with Crippen LogP contribution in [0.3, 0.4) is 0 Å². The second-order valence-electron chi connectivity index (χ2n) is 6.27. The molecule has 1 aromatic heterocycles. The van der Waals surface area contributed by atoms with Gasteiger partial charge in [-0.2, -0.15) is 0 Å². The first-order valence-corrected chi connectivity index (χ1v) is 9.22. The monoisotopic (exact) mass is 340 g/mol. The lowest BCUT2D eigenvalue weighted by Crippen LogP contribution is -2.53. The number of rotatable bonds is 6. The number of nitrogens with zero attached hydrogens (tertiary/aromatic N) is 3. The molecule has 2 heterocycles. The van der Waals surface area contributed by atoms with Crippen LogP contribution in [0.2, 0.25) is 0 Å². The number of furan rings is 1. The van der Waals surface area contributed by atoms with Gasteiger partial charge in [0.2, 0.25) is 0 Å². The van der Waals surface area contributed by atoms with E-state index >= 15 is 0 Å². The fourth-order valence-corrected chi connectivity index (χ4v) is 3.05. The Balaban J connectivity index is 1.53. The standard InChI is InChI=1S/C20H28N4O/c1-2-11-21-20(22-12-10-19-9-6-17-25-19)24-15-13-23(14-16-24)18-7-4-3-5-8-18/h3-9,17H,2,10-16H2,1H3,(H,21,22). The van der Waals surface area contributed by atoms with Gasteiger partial charge in [-0.25, -0.2) is 0 Å². The fraction of sp³-hybridized carbons (Fsp3) is 0.450. The van der Waals surface area contributed by atoms with Crippen LogP contribution in [0.1, 0.15) is 19.1 Å². The number of aliphatic imine (C=N–C) groups is 1. The summed E-state index contributed by atoms with van der Waals surface area (Å²) >= 11 is 0. The first kappa shape index (κ1) is 17.4. The third kappa shape index (κ3) is 5.02. The largest absolute Gasteiger partial charge is 0.469 e. The maximum Gasteiger partial charge on any atom is 0.194 e. The summed E-state index contributed by atoms with van der Waals surface area (Å²) in [7, 11) is 0. The van der Waals surface area contributed by atoms with Crippen LogP contribution in [-0.4, -0.2) is 50.1 Å². The molecule has 1 N–H and O–H groups in total. The molecule has 0 amide bonds. The molecule has 0 aliphatic carbocycles. The average molecular weight is 340 g/mol. The highest BCUT2D eigenvalue weighted by Crippen LogP contribution is 2.15. The van der Waals surface area contributed by atoms with Crippen LogP contribution in [0.15, 0.2) is 58.1 Å². The van der Waals surface area contributed by atoms with Crippen LogP contribution in [0, 0.1) is 0 Å². The summed E-state index contributed by atoms with van der Waals surface area (Å²) < 4.78 is 5.40. The van der Waals surface area contributed by atoms with E-state index in [1.165, 1.54) is 5.69 Å². The number of anilines is 1. The minimum Gasteiger partial charge on any atom is -0.469 e. The van der Waals surface area contributed by atoms with Crippen molar-refractivity contribution in [3.8, 4) is 0 Å². The molecule has 5 nitrogen and oxygen atoms in total. The number of nitrogens with one attached hydrogen (secondary N) is 1. The van der Waals surface area contributed by atoms with Crippen LogP contribution >= 0.6 is 0 Å². The Bertz CT molecular complexity index is 631. The fourth-order valence-electron chi connectivity index (χ4n) is 3.05. The summed E-state index contributed by atoms with van der Waals surface area (Å²) in [5.41, 5.74) is 1.31. The van der Waals surface area contributed by atoms with Gasteiger partial charge >= 0.3 is 0 Å². The second-order valence-corrected chi connectivity index (χ2v) is 6.27. The normalized spacial score (nSPS) is 15.5. The molecule has 2 aromatic rings. The highest BCUT2D eigenvalue weighted by Gasteiger charge is 2.19. The van der Waals surface area contributed by atoms with E-state index < -0.39 is 0 Å². The SMILES string of the molecule is CCCN=C(NCCc1ccco1)N1CCN(c2ccccc2)CC1. The molecule has 1 aliphatic heterocycles. The minimum atomic E-state index is 0.842. The van der Waals surface area contributed by atoms with Crippen molar-refractivity contribution in [2.45, 2.75) is 19.8 Å². The third-order valence-electron chi connectivity index (χ3n) is 4.42. The van der Waals surface area contributed by atoms with Gasteiger partial charge in [-0.3, -0.25) is 4.99 Å². The van der Waals surface area contributed by atoms with Gasteiger partial charge in [0.25, 0.3) is 0 Å². The smallest absolute Gasteiger partial charge is 0.194 e. The van der Waals surface area contributed by atoms with Gasteiger partial charge in [0.1, 0.15) is 5.76 Å². The number of piperazine rings is 1. The van der Waals surface area contributed by atoms with Crippen molar-refractivity contribution in [3.05, 3.63) is 54.5 Å². The van der Waals surface area contributed by atoms with Crippen molar-refractivity contribution in [1.82, 2.24) is 10.2 Å². The van der Waals surface area contributed by atoms with Crippen LogP contribution in [0.25, 0.3) is 0 Å². The van der Waals surface area contributed by atoms with Gasteiger partial charge in [-0.05, 0) is 30.7 Å². The number of para-hydroxylation sites is 1. The molecular formula is C20H28N4O.